The topological polar surface area (TPSA) is 73.0 Å². The van der Waals surface area contributed by atoms with Crippen LogP contribution in [0.1, 0.15) is 22.2 Å². The second-order valence-corrected chi connectivity index (χ2v) is 5.58. The van der Waals surface area contributed by atoms with Gasteiger partial charge in [-0.25, -0.2) is 4.98 Å². The molecule has 0 aromatic carbocycles. The van der Waals surface area contributed by atoms with Gasteiger partial charge in [0.15, 0.2) is 0 Å². The summed E-state index contributed by atoms with van der Waals surface area (Å²) in [6.45, 7) is 0.372. The number of pyridine rings is 1. The number of carbonyl (C=O) groups is 1. The third-order valence-corrected chi connectivity index (χ3v) is 4.09. The molecule has 1 unspecified atom stereocenters. The Labute approximate surface area is 137 Å². The Balaban J connectivity index is 1.76. The maximum absolute atomic E-state index is 12.4. The molecule has 3 rings (SSSR count). The van der Waals surface area contributed by atoms with E-state index < -0.39 is 0 Å². The van der Waals surface area contributed by atoms with Crippen molar-refractivity contribution in [3.8, 4) is 0 Å². The molecular formula is C16H16N4O2S. The van der Waals surface area contributed by atoms with Crippen LogP contribution in [0.2, 0.25) is 0 Å². The quantitative estimate of drug-likeness (QED) is 0.704. The summed E-state index contributed by atoms with van der Waals surface area (Å²) in [6.07, 6.45) is 8.73. The molecule has 0 aliphatic rings. The van der Waals surface area contributed by atoms with E-state index >= 15 is 0 Å². The lowest BCUT2D eigenvalue weighted by molar-refractivity contribution is 0.0944. The molecule has 0 spiro atoms. The van der Waals surface area contributed by atoms with Gasteiger partial charge >= 0.3 is 0 Å². The van der Waals surface area contributed by atoms with Crippen LogP contribution in [0, 0.1) is 0 Å². The van der Waals surface area contributed by atoms with Crippen molar-refractivity contribution in [2.75, 3.05) is 12.8 Å². The summed E-state index contributed by atoms with van der Waals surface area (Å²) in [6, 6.07) is 8.86. The molecule has 1 N–H and O–H groups in total. The van der Waals surface area contributed by atoms with Crippen molar-refractivity contribution in [3.63, 3.8) is 0 Å². The number of carbonyl (C=O) groups excluding carboxylic acids is 1. The van der Waals surface area contributed by atoms with Crippen molar-refractivity contribution in [1.29, 1.82) is 0 Å². The van der Waals surface area contributed by atoms with Crippen LogP contribution in [0.4, 0.5) is 0 Å². The maximum Gasteiger partial charge on any atom is 0.254 e. The highest BCUT2D eigenvalue weighted by molar-refractivity contribution is 7.98. The lowest BCUT2D eigenvalue weighted by Gasteiger charge is -2.16. The van der Waals surface area contributed by atoms with Crippen LogP contribution < -0.4 is 5.32 Å². The molecule has 0 radical (unpaired) electrons. The molecule has 3 heterocycles. The third-order valence-electron chi connectivity index (χ3n) is 3.38. The minimum atomic E-state index is -0.196. The van der Waals surface area contributed by atoms with Gasteiger partial charge < -0.3 is 9.73 Å². The van der Waals surface area contributed by atoms with Gasteiger partial charge in [0.2, 0.25) is 0 Å². The Hall–Kier alpha value is -2.54. The molecule has 1 atom stereocenters. The van der Waals surface area contributed by atoms with Gasteiger partial charge in [0, 0.05) is 25.1 Å². The number of hydrogen-bond acceptors (Lipinski definition) is 5. The van der Waals surface area contributed by atoms with E-state index in [1.807, 2.05) is 30.7 Å². The Morgan fingerprint density at radius 1 is 1.35 bits per heavy atom. The van der Waals surface area contributed by atoms with Crippen molar-refractivity contribution in [2.45, 2.75) is 11.1 Å². The number of nitrogens with one attached hydrogen (secondary N) is 1. The normalized spacial score (nSPS) is 12.0. The molecule has 118 valence electrons. The molecular weight excluding hydrogens is 312 g/mol. The highest BCUT2D eigenvalue weighted by Crippen LogP contribution is 2.19. The van der Waals surface area contributed by atoms with Gasteiger partial charge in [0.1, 0.15) is 16.8 Å². The molecule has 0 bridgehead atoms. The molecule has 0 aliphatic heterocycles. The zero-order chi connectivity index (χ0) is 16.1. The predicted molar refractivity (Wildman–Crippen MR) is 87.4 cm³/mol. The largest absolute Gasteiger partial charge is 0.467 e. The average molecular weight is 328 g/mol. The van der Waals surface area contributed by atoms with Crippen molar-refractivity contribution in [2.24, 2.45) is 0 Å². The van der Waals surface area contributed by atoms with Crippen molar-refractivity contribution >= 4 is 17.7 Å². The molecule has 23 heavy (non-hydrogen) atoms. The van der Waals surface area contributed by atoms with E-state index in [4.69, 9.17) is 4.42 Å². The predicted octanol–water partition coefficient (Wildman–Crippen LogP) is 2.61. The van der Waals surface area contributed by atoms with E-state index in [-0.39, 0.29) is 11.9 Å². The average Bonchev–Trinajstić information content (AvgIpc) is 3.29. The van der Waals surface area contributed by atoms with Gasteiger partial charge in [0.05, 0.1) is 11.8 Å². The van der Waals surface area contributed by atoms with Crippen molar-refractivity contribution in [1.82, 2.24) is 20.1 Å². The summed E-state index contributed by atoms with van der Waals surface area (Å²) in [7, 11) is 0. The molecule has 3 aromatic heterocycles. The Bertz CT molecular complexity index is 722. The second-order valence-electron chi connectivity index (χ2n) is 4.79. The zero-order valence-electron chi connectivity index (χ0n) is 12.5. The van der Waals surface area contributed by atoms with Crippen molar-refractivity contribution in [3.05, 3.63) is 66.5 Å². The fraction of sp³-hybridized carbons (Fsp3) is 0.188. The highest BCUT2D eigenvalue weighted by Gasteiger charge is 2.19. The number of aromatic nitrogens is 3. The summed E-state index contributed by atoms with van der Waals surface area (Å²) in [5.74, 6) is 0.580. The molecule has 0 saturated carbocycles. The maximum atomic E-state index is 12.4. The van der Waals surface area contributed by atoms with E-state index in [0.29, 0.717) is 17.1 Å². The third kappa shape index (κ3) is 3.45. The summed E-state index contributed by atoms with van der Waals surface area (Å²) < 4.78 is 7.24. The number of hydrogen-bond donors (Lipinski definition) is 1. The van der Waals surface area contributed by atoms with E-state index in [0.717, 1.165) is 5.76 Å². The lowest BCUT2D eigenvalue weighted by Crippen LogP contribution is -2.31. The zero-order valence-corrected chi connectivity index (χ0v) is 13.4. The van der Waals surface area contributed by atoms with E-state index in [2.05, 4.69) is 15.4 Å². The number of rotatable bonds is 6. The summed E-state index contributed by atoms with van der Waals surface area (Å²) >= 11 is 1.45. The first-order valence-corrected chi connectivity index (χ1v) is 8.32. The van der Waals surface area contributed by atoms with Crippen molar-refractivity contribution < 1.29 is 9.21 Å². The van der Waals surface area contributed by atoms with E-state index in [1.165, 1.54) is 11.8 Å². The fourth-order valence-corrected chi connectivity index (χ4v) is 2.83. The molecule has 3 aromatic rings. The van der Waals surface area contributed by atoms with Crippen LogP contribution in [-0.4, -0.2) is 33.5 Å². The summed E-state index contributed by atoms with van der Waals surface area (Å²) in [5, 5.41) is 7.89. The smallest absolute Gasteiger partial charge is 0.254 e. The second kappa shape index (κ2) is 7.15. The summed E-state index contributed by atoms with van der Waals surface area (Å²) in [5.41, 5.74) is 0.568. The minimum Gasteiger partial charge on any atom is -0.467 e. The highest BCUT2D eigenvalue weighted by atomic mass is 32.2. The van der Waals surface area contributed by atoms with Gasteiger partial charge in [-0.05, 0) is 36.6 Å². The van der Waals surface area contributed by atoms with Crippen LogP contribution in [0.15, 0.2) is 64.6 Å². The number of amides is 1. The lowest BCUT2D eigenvalue weighted by atomic mass is 10.2. The molecule has 1 amide bonds. The standard InChI is InChI=1S/C16H16N4O2S/c1-23-16-12(5-2-7-17-16)15(21)18-11-13(14-6-3-10-22-14)20-9-4-8-19-20/h2-10,13H,11H2,1H3,(H,18,21). The SMILES string of the molecule is CSc1ncccc1C(=O)NCC(c1ccco1)n1cccn1. The van der Waals surface area contributed by atoms with Gasteiger partial charge in [-0.1, -0.05) is 0 Å². The fourth-order valence-electron chi connectivity index (χ4n) is 2.28. The minimum absolute atomic E-state index is 0.161. The molecule has 7 heteroatoms. The van der Waals surface area contributed by atoms with Crippen LogP contribution in [0.3, 0.4) is 0 Å². The van der Waals surface area contributed by atoms with Crippen LogP contribution in [-0.2, 0) is 0 Å². The van der Waals surface area contributed by atoms with E-state index in [9.17, 15) is 4.79 Å². The van der Waals surface area contributed by atoms with Crippen LogP contribution in [0.5, 0.6) is 0 Å². The monoisotopic (exact) mass is 328 g/mol. The van der Waals surface area contributed by atoms with Crippen LogP contribution >= 0.6 is 11.8 Å². The molecule has 0 fully saturated rings. The molecule has 6 nitrogen and oxygen atoms in total. The first-order valence-electron chi connectivity index (χ1n) is 7.09. The number of nitrogens with zero attached hydrogens (tertiary/aromatic N) is 3. The van der Waals surface area contributed by atoms with Gasteiger partial charge in [-0.2, -0.15) is 5.10 Å². The van der Waals surface area contributed by atoms with E-state index in [1.54, 1.807) is 35.5 Å². The number of thioether (sulfide) groups is 1. The summed E-state index contributed by atoms with van der Waals surface area (Å²) in [4.78, 5) is 16.7. The van der Waals surface area contributed by atoms with Crippen LogP contribution in [0.25, 0.3) is 0 Å². The Morgan fingerprint density at radius 3 is 2.96 bits per heavy atom. The molecule has 0 saturated heterocycles. The van der Waals surface area contributed by atoms with Gasteiger partial charge in [-0.3, -0.25) is 9.48 Å². The Kier molecular flexibility index (Phi) is 4.77. The van der Waals surface area contributed by atoms with Gasteiger partial charge in [0.25, 0.3) is 5.91 Å². The molecule has 0 aliphatic carbocycles. The Morgan fingerprint density at radius 2 is 2.26 bits per heavy atom. The first kappa shape index (κ1) is 15.4. The van der Waals surface area contributed by atoms with Gasteiger partial charge in [-0.15, -0.1) is 11.8 Å². The number of furan rings is 1. The first-order chi connectivity index (χ1) is 11.3.